The lowest BCUT2D eigenvalue weighted by Crippen LogP contribution is -2.40. The maximum atomic E-state index is 13.3. The second-order valence-electron chi connectivity index (χ2n) is 8.22. The number of hydrogen-bond donors (Lipinski definition) is 0. The van der Waals surface area contributed by atoms with Crippen LogP contribution in [-0.2, 0) is 27.8 Å². The van der Waals surface area contributed by atoms with Crippen molar-refractivity contribution in [3.63, 3.8) is 0 Å². The van der Waals surface area contributed by atoms with Crippen LogP contribution in [0.4, 0.5) is 0 Å². The van der Waals surface area contributed by atoms with E-state index in [4.69, 9.17) is 0 Å². The van der Waals surface area contributed by atoms with Crippen LogP contribution in [0.3, 0.4) is 0 Å². The third kappa shape index (κ3) is 4.96. The van der Waals surface area contributed by atoms with Gasteiger partial charge in [-0.15, -0.1) is 0 Å². The first-order chi connectivity index (χ1) is 15.8. The van der Waals surface area contributed by atoms with Crippen molar-refractivity contribution in [3.8, 4) is 0 Å². The Bertz CT molecular complexity index is 1320. The highest BCUT2D eigenvalue weighted by Gasteiger charge is 2.39. The molecule has 0 bridgehead atoms. The minimum Gasteiger partial charge on any atom is -0.316 e. The highest BCUT2D eigenvalue weighted by Crippen LogP contribution is 2.27. The first-order valence-corrected chi connectivity index (χ1v) is 14.8. The van der Waals surface area contributed by atoms with Crippen molar-refractivity contribution in [1.29, 1.82) is 0 Å². The highest BCUT2D eigenvalue weighted by molar-refractivity contribution is 7.98. The van der Waals surface area contributed by atoms with Gasteiger partial charge < -0.3 is 4.57 Å². The quantitative estimate of drug-likeness (QED) is 0.484. The zero-order valence-electron chi connectivity index (χ0n) is 19.2. The van der Waals surface area contributed by atoms with E-state index in [0.29, 0.717) is 24.2 Å². The molecule has 0 N–H and O–H groups in total. The van der Waals surface area contributed by atoms with Gasteiger partial charge in [-0.05, 0) is 62.3 Å². The molecule has 33 heavy (non-hydrogen) atoms. The van der Waals surface area contributed by atoms with Gasteiger partial charge in [-0.3, -0.25) is 4.79 Å². The van der Waals surface area contributed by atoms with Gasteiger partial charge >= 0.3 is 0 Å². The molecule has 1 aliphatic heterocycles. The van der Waals surface area contributed by atoms with Crippen LogP contribution < -0.4 is 4.80 Å². The van der Waals surface area contributed by atoms with E-state index in [-0.39, 0.29) is 10.8 Å². The molecule has 2 heterocycles. The standard InChI is InChI=1S/C24H29N3O3S3/c1-4-18-9-12-20-22(16-18)32-24(26(20)14-15-31-3)25-23(28)21-6-5-13-27(21)33(29,30)19-10-7-17(2)8-11-19/h7-12,16,21H,4-6,13-15H2,1-3H3. The van der Waals surface area contributed by atoms with Crippen molar-refractivity contribution in [1.82, 2.24) is 8.87 Å². The van der Waals surface area contributed by atoms with E-state index in [0.717, 1.165) is 34.5 Å². The Morgan fingerprint density at radius 2 is 1.97 bits per heavy atom. The third-order valence-corrected chi connectivity index (χ3v) is 9.55. The lowest BCUT2D eigenvalue weighted by Gasteiger charge is -2.21. The molecular formula is C24H29N3O3S3. The van der Waals surface area contributed by atoms with Crippen LogP contribution in [0.1, 0.15) is 30.9 Å². The SMILES string of the molecule is CCc1ccc2c(c1)sc(=NC(=O)C1CCCN1S(=O)(=O)c1ccc(C)cc1)n2CCSC. The molecule has 9 heteroatoms. The fourth-order valence-corrected chi connectivity index (χ4v) is 7.25. The molecule has 3 aromatic rings. The summed E-state index contributed by atoms with van der Waals surface area (Å²) >= 11 is 3.24. The van der Waals surface area contributed by atoms with E-state index in [1.165, 1.54) is 21.2 Å². The van der Waals surface area contributed by atoms with Crippen molar-refractivity contribution < 1.29 is 13.2 Å². The van der Waals surface area contributed by atoms with Crippen molar-refractivity contribution in [2.75, 3.05) is 18.6 Å². The Labute approximate surface area is 203 Å². The molecule has 1 amide bonds. The normalized spacial score (nSPS) is 17.8. The maximum absolute atomic E-state index is 13.3. The predicted molar refractivity (Wildman–Crippen MR) is 136 cm³/mol. The summed E-state index contributed by atoms with van der Waals surface area (Å²) in [5.41, 5.74) is 3.29. The Morgan fingerprint density at radius 3 is 2.67 bits per heavy atom. The third-order valence-electron chi connectivity index (χ3n) is 6.00. The van der Waals surface area contributed by atoms with Gasteiger partial charge in [0.2, 0.25) is 10.0 Å². The van der Waals surface area contributed by atoms with Gasteiger partial charge in [-0.25, -0.2) is 8.42 Å². The number of fused-ring (bicyclic) bond motifs is 1. The number of aryl methyl sites for hydroxylation is 3. The fourth-order valence-electron chi connectivity index (χ4n) is 4.11. The number of thiazole rings is 1. The molecule has 6 nitrogen and oxygen atoms in total. The molecule has 0 radical (unpaired) electrons. The van der Waals surface area contributed by atoms with E-state index < -0.39 is 16.1 Å². The maximum Gasteiger partial charge on any atom is 0.266 e. The number of rotatable bonds is 7. The zero-order chi connectivity index (χ0) is 23.6. The summed E-state index contributed by atoms with van der Waals surface area (Å²) in [5, 5.41) is 0. The zero-order valence-corrected chi connectivity index (χ0v) is 21.6. The van der Waals surface area contributed by atoms with Gasteiger partial charge in [0, 0.05) is 18.8 Å². The molecular weight excluding hydrogens is 474 g/mol. The molecule has 1 saturated heterocycles. The van der Waals surface area contributed by atoms with Crippen molar-refractivity contribution in [2.24, 2.45) is 4.99 Å². The highest BCUT2D eigenvalue weighted by atomic mass is 32.2. The number of thioether (sulfide) groups is 1. The topological polar surface area (TPSA) is 71.7 Å². The van der Waals surface area contributed by atoms with Gasteiger partial charge in [-0.2, -0.15) is 21.1 Å². The Kier molecular flexibility index (Phi) is 7.43. The lowest BCUT2D eigenvalue weighted by atomic mass is 10.2. The van der Waals surface area contributed by atoms with E-state index in [2.05, 4.69) is 40.9 Å². The van der Waals surface area contributed by atoms with Gasteiger partial charge in [0.05, 0.1) is 15.1 Å². The van der Waals surface area contributed by atoms with Crippen molar-refractivity contribution in [3.05, 3.63) is 58.4 Å². The molecule has 1 atom stereocenters. The van der Waals surface area contributed by atoms with Gasteiger partial charge in [-0.1, -0.05) is 42.0 Å². The minimum atomic E-state index is -3.75. The lowest BCUT2D eigenvalue weighted by molar-refractivity contribution is -0.121. The Morgan fingerprint density at radius 1 is 1.21 bits per heavy atom. The number of amides is 1. The van der Waals surface area contributed by atoms with Crippen LogP contribution >= 0.6 is 23.1 Å². The molecule has 0 saturated carbocycles. The van der Waals surface area contributed by atoms with Gasteiger partial charge in [0.25, 0.3) is 5.91 Å². The summed E-state index contributed by atoms with van der Waals surface area (Å²) in [6.07, 6.45) is 4.13. The molecule has 1 aliphatic rings. The second kappa shape index (κ2) is 10.1. The monoisotopic (exact) mass is 503 g/mol. The summed E-state index contributed by atoms with van der Waals surface area (Å²) in [4.78, 5) is 18.6. The van der Waals surface area contributed by atoms with E-state index >= 15 is 0 Å². The van der Waals surface area contributed by atoms with Gasteiger partial charge in [0.15, 0.2) is 4.80 Å². The Hall–Kier alpha value is -1.94. The van der Waals surface area contributed by atoms with Crippen LogP contribution in [0, 0.1) is 6.92 Å². The molecule has 4 rings (SSSR count). The number of benzene rings is 2. The molecule has 1 aromatic heterocycles. The summed E-state index contributed by atoms with van der Waals surface area (Å²) in [6.45, 7) is 5.11. The average Bonchev–Trinajstić information content (AvgIpc) is 3.43. The van der Waals surface area contributed by atoms with Crippen LogP contribution in [-0.4, -0.2) is 47.8 Å². The van der Waals surface area contributed by atoms with E-state index in [1.807, 2.05) is 6.92 Å². The molecule has 2 aromatic carbocycles. The van der Waals surface area contributed by atoms with Crippen molar-refractivity contribution in [2.45, 2.75) is 50.6 Å². The van der Waals surface area contributed by atoms with E-state index in [9.17, 15) is 13.2 Å². The van der Waals surface area contributed by atoms with Gasteiger partial charge in [0.1, 0.15) is 6.04 Å². The summed E-state index contributed by atoms with van der Waals surface area (Å²) in [6, 6.07) is 12.4. The Balaban J connectivity index is 1.71. The smallest absolute Gasteiger partial charge is 0.266 e. The number of aromatic nitrogens is 1. The largest absolute Gasteiger partial charge is 0.316 e. The average molecular weight is 504 g/mol. The van der Waals surface area contributed by atoms with Crippen molar-refractivity contribution >= 4 is 49.2 Å². The van der Waals surface area contributed by atoms with Crippen LogP contribution in [0.25, 0.3) is 10.2 Å². The first kappa shape index (κ1) is 24.2. The number of hydrogen-bond acceptors (Lipinski definition) is 5. The summed E-state index contributed by atoms with van der Waals surface area (Å²) in [5.74, 6) is 0.517. The molecule has 1 fully saturated rings. The van der Waals surface area contributed by atoms with Crippen LogP contribution in [0.15, 0.2) is 52.4 Å². The molecule has 0 aliphatic carbocycles. The predicted octanol–water partition coefficient (Wildman–Crippen LogP) is 4.22. The number of carbonyl (C=O) groups excluding carboxylic acids is 1. The molecule has 176 valence electrons. The molecule has 1 unspecified atom stereocenters. The second-order valence-corrected chi connectivity index (χ2v) is 12.1. The number of carbonyl (C=O) groups is 1. The molecule has 0 spiro atoms. The summed E-state index contributed by atoms with van der Waals surface area (Å²) in [7, 11) is -3.75. The first-order valence-electron chi connectivity index (χ1n) is 11.1. The van der Waals surface area contributed by atoms with E-state index in [1.54, 1.807) is 36.0 Å². The van der Waals surface area contributed by atoms with Crippen LogP contribution in [0.2, 0.25) is 0 Å². The van der Waals surface area contributed by atoms with Crippen LogP contribution in [0.5, 0.6) is 0 Å². The minimum absolute atomic E-state index is 0.219. The fraction of sp³-hybridized carbons (Fsp3) is 0.417. The number of sulfonamides is 1. The summed E-state index contributed by atoms with van der Waals surface area (Å²) < 4.78 is 31.0. The number of nitrogens with zero attached hydrogens (tertiary/aromatic N) is 3.